The van der Waals surface area contributed by atoms with E-state index in [0.29, 0.717) is 16.8 Å². The Bertz CT molecular complexity index is 952. The minimum atomic E-state index is -0.315. The van der Waals surface area contributed by atoms with E-state index < -0.39 is 0 Å². The Labute approximate surface area is 152 Å². The van der Waals surface area contributed by atoms with Crippen molar-refractivity contribution < 1.29 is 9.59 Å². The van der Waals surface area contributed by atoms with Gasteiger partial charge in [-0.1, -0.05) is 30.3 Å². The highest BCUT2D eigenvalue weighted by molar-refractivity contribution is 6.08. The summed E-state index contributed by atoms with van der Waals surface area (Å²) in [4.78, 5) is 28.9. The van der Waals surface area contributed by atoms with E-state index in [1.165, 1.54) is 18.5 Å². The van der Waals surface area contributed by atoms with E-state index in [1.807, 2.05) is 50.2 Å². The first-order chi connectivity index (χ1) is 12.5. The van der Waals surface area contributed by atoms with Gasteiger partial charge in [-0.3, -0.25) is 14.6 Å². The minimum Gasteiger partial charge on any atom is -0.322 e. The van der Waals surface area contributed by atoms with E-state index >= 15 is 0 Å². The van der Waals surface area contributed by atoms with Crippen molar-refractivity contribution >= 4 is 23.2 Å². The number of carbonyl (C=O) groups excluding carboxylic acids is 2. The molecule has 5 nitrogen and oxygen atoms in total. The molecular weight excluding hydrogens is 326 g/mol. The predicted octanol–water partition coefficient (Wildman–Crippen LogP) is 4.20. The number of rotatable bonds is 4. The summed E-state index contributed by atoms with van der Waals surface area (Å²) in [7, 11) is 0. The zero-order valence-electron chi connectivity index (χ0n) is 14.6. The van der Waals surface area contributed by atoms with Crippen molar-refractivity contribution in [3.63, 3.8) is 0 Å². The van der Waals surface area contributed by atoms with E-state index in [0.717, 1.165) is 16.8 Å². The minimum absolute atomic E-state index is 0.305. The van der Waals surface area contributed by atoms with Crippen LogP contribution in [0.2, 0.25) is 0 Å². The van der Waals surface area contributed by atoms with Crippen LogP contribution in [0.5, 0.6) is 0 Å². The van der Waals surface area contributed by atoms with Crippen LogP contribution in [-0.4, -0.2) is 16.8 Å². The average Bonchev–Trinajstić information content (AvgIpc) is 2.66. The second-order valence-electron chi connectivity index (χ2n) is 5.98. The molecule has 0 bridgehead atoms. The summed E-state index contributed by atoms with van der Waals surface area (Å²) in [6, 6.07) is 16.4. The van der Waals surface area contributed by atoms with E-state index in [2.05, 4.69) is 15.6 Å². The average molecular weight is 345 g/mol. The summed E-state index contributed by atoms with van der Waals surface area (Å²) in [6.45, 7) is 3.94. The third-order valence-corrected chi connectivity index (χ3v) is 4.15. The van der Waals surface area contributed by atoms with Gasteiger partial charge in [-0.05, 0) is 49.2 Å². The number of anilines is 2. The number of para-hydroxylation sites is 1. The van der Waals surface area contributed by atoms with Gasteiger partial charge in [0.05, 0.1) is 11.1 Å². The number of amides is 2. The molecule has 0 aliphatic rings. The van der Waals surface area contributed by atoms with Crippen molar-refractivity contribution in [3.05, 3.63) is 89.2 Å². The lowest BCUT2D eigenvalue weighted by atomic mass is 10.1. The van der Waals surface area contributed by atoms with Crippen LogP contribution in [0, 0.1) is 13.8 Å². The molecular formula is C21H19N3O2. The molecule has 0 unspecified atom stereocenters. The predicted molar refractivity (Wildman–Crippen MR) is 103 cm³/mol. The molecule has 0 spiro atoms. The second kappa shape index (κ2) is 7.61. The number of pyridine rings is 1. The molecule has 0 atom stereocenters. The molecule has 0 fully saturated rings. The maximum atomic E-state index is 12.5. The molecule has 0 aliphatic carbocycles. The van der Waals surface area contributed by atoms with Gasteiger partial charge < -0.3 is 10.6 Å². The van der Waals surface area contributed by atoms with Gasteiger partial charge in [-0.15, -0.1) is 0 Å². The van der Waals surface area contributed by atoms with Crippen LogP contribution < -0.4 is 10.6 Å². The molecule has 3 aromatic rings. The number of aromatic nitrogens is 1. The van der Waals surface area contributed by atoms with Crippen LogP contribution in [0.4, 0.5) is 11.4 Å². The van der Waals surface area contributed by atoms with Gasteiger partial charge in [0.1, 0.15) is 0 Å². The van der Waals surface area contributed by atoms with Gasteiger partial charge in [0.25, 0.3) is 11.8 Å². The molecule has 0 saturated heterocycles. The van der Waals surface area contributed by atoms with Crippen molar-refractivity contribution in [3.8, 4) is 0 Å². The van der Waals surface area contributed by atoms with Gasteiger partial charge >= 0.3 is 0 Å². The summed E-state index contributed by atoms with van der Waals surface area (Å²) in [6.07, 6.45) is 2.88. The van der Waals surface area contributed by atoms with Crippen LogP contribution in [-0.2, 0) is 0 Å². The highest BCUT2D eigenvalue weighted by Crippen LogP contribution is 2.19. The monoisotopic (exact) mass is 345 g/mol. The second-order valence-corrected chi connectivity index (χ2v) is 5.98. The van der Waals surface area contributed by atoms with E-state index in [9.17, 15) is 9.59 Å². The Hall–Kier alpha value is -3.47. The molecule has 0 saturated carbocycles. The Morgan fingerprint density at radius 2 is 1.46 bits per heavy atom. The molecule has 130 valence electrons. The summed E-state index contributed by atoms with van der Waals surface area (Å²) < 4.78 is 0. The smallest absolute Gasteiger partial charge is 0.257 e. The van der Waals surface area contributed by atoms with Crippen molar-refractivity contribution in [1.82, 2.24) is 4.98 Å². The molecule has 3 rings (SSSR count). The molecule has 26 heavy (non-hydrogen) atoms. The summed E-state index contributed by atoms with van der Waals surface area (Å²) in [5, 5.41) is 5.65. The first-order valence-corrected chi connectivity index (χ1v) is 8.23. The number of nitrogens with zero attached hydrogens (tertiary/aromatic N) is 1. The largest absolute Gasteiger partial charge is 0.322 e. The van der Waals surface area contributed by atoms with Crippen molar-refractivity contribution in [1.29, 1.82) is 0 Å². The van der Waals surface area contributed by atoms with E-state index in [1.54, 1.807) is 12.1 Å². The fourth-order valence-electron chi connectivity index (χ4n) is 2.49. The first-order valence-electron chi connectivity index (χ1n) is 8.23. The number of aryl methyl sites for hydroxylation is 1. The van der Waals surface area contributed by atoms with E-state index in [4.69, 9.17) is 0 Å². The number of benzene rings is 2. The van der Waals surface area contributed by atoms with Gasteiger partial charge in [0.2, 0.25) is 0 Å². The quantitative estimate of drug-likeness (QED) is 0.744. The number of hydrogen-bond acceptors (Lipinski definition) is 3. The van der Waals surface area contributed by atoms with Crippen molar-refractivity contribution in [2.24, 2.45) is 0 Å². The van der Waals surface area contributed by atoms with Crippen LogP contribution in [0.1, 0.15) is 31.8 Å². The number of hydrogen-bond donors (Lipinski definition) is 2. The highest BCUT2D eigenvalue weighted by atomic mass is 16.2. The molecule has 1 heterocycles. The Morgan fingerprint density at radius 1 is 0.808 bits per heavy atom. The van der Waals surface area contributed by atoms with Crippen LogP contribution in [0.15, 0.2) is 67.0 Å². The zero-order valence-corrected chi connectivity index (χ0v) is 14.6. The van der Waals surface area contributed by atoms with Gasteiger partial charge in [0.15, 0.2) is 0 Å². The molecule has 2 N–H and O–H groups in total. The van der Waals surface area contributed by atoms with Gasteiger partial charge in [0, 0.05) is 23.8 Å². The lowest BCUT2D eigenvalue weighted by molar-refractivity contribution is 0.102. The SMILES string of the molecule is Cc1cccc(NC(=O)c2cncc(C(=O)Nc3ccccc3)c2)c1C. The van der Waals surface area contributed by atoms with E-state index in [-0.39, 0.29) is 11.8 Å². The maximum Gasteiger partial charge on any atom is 0.257 e. The molecule has 0 aliphatic heterocycles. The Kier molecular flexibility index (Phi) is 5.08. The van der Waals surface area contributed by atoms with Gasteiger partial charge in [-0.25, -0.2) is 0 Å². The third-order valence-electron chi connectivity index (χ3n) is 4.15. The van der Waals surface area contributed by atoms with Crippen molar-refractivity contribution in [2.75, 3.05) is 10.6 Å². The summed E-state index contributed by atoms with van der Waals surface area (Å²) >= 11 is 0. The number of carbonyl (C=O) groups is 2. The molecule has 0 radical (unpaired) electrons. The van der Waals surface area contributed by atoms with Gasteiger partial charge in [-0.2, -0.15) is 0 Å². The number of nitrogens with one attached hydrogen (secondary N) is 2. The molecule has 1 aromatic heterocycles. The first kappa shape index (κ1) is 17.4. The Balaban J connectivity index is 1.77. The lowest BCUT2D eigenvalue weighted by Gasteiger charge is -2.11. The third kappa shape index (κ3) is 3.95. The standard InChI is InChI=1S/C21H19N3O2/c1-14-7-6-10-19(15(14)2)24-21(26)17-11-16(12-22-13-17)20(25)23-18-8-4-3-5-9-18/h3-13H,1-2H3,(H,23,25)(H,24,26). The maximum absolute atomic E-state index is 12.5. The topological polar surface area (TPSA) is 71.1 Å². The van der Waals surface area contributed by atoms with Crippen LogP contribution in [0.25, 0.3) is 0 Å². The molecule has 5 heteroatoms. The van der Waals surface area contributed by atoms with Crippen LogP contribution >= 0.6 is 0 Å². The zero-order chi connectivity index (χ0) is 18.5. The van der Waals surface area contributed by atoms with Crippen LogP contribution in [0.3, 0.4) is 0 Å². The highest BCUT2D eigenvalue weighted by Gasteiger charge is 2.13. The summed E-state index contributed by atoms with van der Waals surface area (Å²) in [5.74, 6) is -0.620. The fourth-order valence-corrected chi connectivity index (χ4v) is 2.49. The Morgan fingerprint density at radius 3 is 2.15 bits per heavy atom. The molecule has 2 amide bonds. The van der Waals surface area contributed by atoms with Crippen molar-refractivity contribution in [2.45, 2.75) is 13.8 Å². The summed E-state index contributed by atoms with van der Waals surface area (Å²) in [5.41, 5.74) is 4.18. The fraction of sp³-hybridized carbons (Fsp3) is 0.0952. The lowest BCUT2D eigenvalue weighted by Crippen LogP contribution is -2.16. The molecule has 2 aromatic carbocycles. The normalized spacial score (nSPS) is 10.2.